The Morgan fingerprint density at radius 3 is 2.15 bits per heavy atom. The molecular weight excluding hydrogens is 522 g/mol. The summed E-state index contributed by atoms with van der Waals surface area (Å²) in [6, 6.07) is 16.4. The number of benzene rings is 2. The van der Waals surface area contributed by atoms with Crippen LogP contribution in [0.1, 0.15) is 71.1 Å². The van der Waals surface area contributed by atoms with Crippen LogP contribution in [0.3, 0.4) is 0 Å². The van der Waals surface area contributed by atoms with E-state index in [9.17, 15) is 14.4 Å². The lowest BCUT2D eigenvalue weighted by molar-refractivity contribution is -0.126. The predicted octanol–water partition coefficient (Wildman–Crippen LogP) is 6.42. The van der Waals surface area contributed by atoms with Crippen LogP contribution < -0.4 is 20.1 Å². The van der Waals surface area contributed by atoms with E-state index in [1.54, 1.807) is 29.2 Å². The van der Waals surface area contributed by atoms with E-state index in [0.29, 0.717) is 37.4 Å². The molecule has 0 radical (unpaired) electrons. The van der Waals surface area contributed by atoms with Crippen molar-refractivity contribution in [2.45, 2.75) is 83.3 Å². The van der Waals surface area contributed by atoms with E-state index in [4.69, 9.17) is 14.2 Å². The van der Waals surface area contributed by atoms with Crippen molar-refractivity contribution in [1.82, 2.24) is 15.5 Å². The molecule has 0 aromatic heterocycles. The summed E-state index contributed by atoms with van der Waals surface area (Å²) in [5.74, 6) is 1.99. The van der Waals surface area contributed by atoms with Gasteiger partial charge in [-0.25, -0.2) is 9.59 Å². The monoisotopic (exact) mass is 565 g/mol. The van der Waals surface area contributed by atoms with E-state index in [1.807, 2.05) is 30.3 Å². The van der Waals surface area contributed by atoms with Gasteiger partial charge < -0.3 is 29.7 Å². The molecule has 1 aliphatic heterocycles. The molecule has 1 aliphatic carbocycles. The van der Waals surface area contributed by atoms with Crippen LogP contribution in [-0.2, 0) is 9.53 Å². The number of ether oxygens (including phenoxy) is 3. The number of nitrogens with one attached hydrogen (secondary N) is 2. The van der Waals surface area contributed by atoms with E-state index in [0.717, 1.165) is 50.8 Å². The Balaban J connectivity index is 1.09. The third-order valence-corrected chi connectivity index (χ3v) is 7.73. The Kier molecular flexibility index (Phi) is 11.7. The molecule has 0 spiro atoms. The van der Waals surface area contributed by atoms with Crippen LogP contribution in [0.25, 0.3) is 0 Å². The summed E-state index contributed by atoms with van der Waals surface area (Å²) in [5, 5.41) is 6.03. The van der Waals surface area contributed by atoms with Crippen molar-refractivity contribution in [3.8, 4) is 17.2 Å². The smallest absolute Gasteiger partial charge is 0.415 e. The Labute approximate surface area is 242 Å². The Hall–Kier alpha value is -3.75. The van der Waals surface area contributed by atoms with Crippen LogP contribution in [0.5, 0.6) is 17.2 Å². The van der Waals surface area contributed by atoms with Gasteiger partial charge in [-0.3, -0.25) is 4.79 Å². The highest BCUT2D eigenvalue weighted by atomic mass is 16.6. The summed E-state index contributed by atoms with van der Waals surface area (Å²) in [4.78, 5) is 39.2. The van der Waals surface area contributed by atoms with Crippen molar-refractivity contribution in [1.29, 1.82) is 0 Å². The van der Waals surface area contributed by atoms with E-state index in [2.05, 4.69) is 17.6 Å². The zero-order chi connectivity index (χ0) is 28.9. The Bertz CT molecular complexity index is 1090. The quantitative estimate of drug-likeness (QED) is 0.305. The van der Waals surface area contributed by atoms with Gasteiger partial charge in [-0.15, -0.1) is 0 Å². The number of para-hydroxylation sites is 1. The Morgan fingerprint density at radius 2 is 1.46 bits per heavy atom. The normalized spacial score (nSPS) is 19.2. The number of hydrogen-bond donors (Lipinski definition) is 2. The molecule has 9 heteroatoms. The molecule has 9 nitrogen and oxygen atoms in total. The number of unbranched alkanes of at least 4 members (excludes halogenated alkanes) is 3. The van der Waals surface area contributed by atoms with E-state index in [1.165, 1.54) is 12.8 Å². The summed E-state index contributed by atoms with van der Waals surface area (Å²) in [5.41, 5.74) is 0. The molecule has 2 aromatic rings. The first kappa shape index (κ1) is 30.2. The number of rotatable bonds is 11. The van der Waals surface area contributed by atoms with Crippen LogP contribution in [0.2, 0.25) is 0 Å². The molecule has 41 heavy (non-hydrogen) atoms. The summed E-state index contributed by atoms with van der Waals surface area (Å²) in [6.07, 6.45) is 7.67. The molecule has 1 heterocycles. The number of amides is 3. The second-order valence-electron chi connectivity index (χ2n) is 10.9. The lowest BCUT2D eigenvalue weighted by atomic mass is 9.85. The number of carbonyl (C=O) groups is 3. The van der Waals surface area contributed by atoms with Crippen LogP contribution in [0.4, 0.5) is 9.59 Å². The first-order chi connectivity index (χ1) is 20.0. The largest absolute Gasteiger partial charge is 0.457 e. The van der Waals surface area contributed by atoms with Crippen LogP contribution in [0.15, 0.2) is 54.6 Å². The number of likely N-dealkylation sites (tertiary alicyclic amines) is 1. The molecule has 2 N–H and O–H groups in total. The van der Waals surface area contributed by atoms with Gasteiger partial charge in [0, 0.05) is 44.4 Å². The average Bonchev–Trinajstić information content (AvgIpc) is 2.99. The third-order valence-electron chi connectivity index (χ3n) is 7.73. The first-order valence-electron chi connectivity index (χ1n) is 15.0. The fourth-order valence-corrected chi connectivity index (χ4v) is 5.28. The molecule has 2 aliphatic rings. The van der Waals surface area contributed by atoms with Crippen molar-refractivity contribution in [3.63, 3.8) is 0 Å². The molecular formula is C32H43N3O6. The summed E-state index contributed by atoms with van der Waals surface area (Å²) in [6.45, 7) is 3.82. The van der Waals surface area contributed by atoms with Gasteiger partial charge in [0.1, 0.15) is 23.4 Å². The molecule has 1 saturated carbocycles. The molecule has 0 atom stereocenters. The highest BCUT2D eigenvalue weighted by Gasteiger charge is 2.29. The number of nitrogens with zero attached hydrogens (tertiary/aromatic N) is 1. The molecule has 0 bridgehead atoms. The van der Waals surface area contributed by atoms with Crippen molar-refractivity contribution in [2.24, 2.45) is 5.92 Å². The molecule has 2 aromatic carbocycles. The molecule has 3 amide bonds. The number of alkyl carbamates (subject to hydrolysis) is 1. The minimum Gasteiger partial charge on any atom is -0.457 e. The van der Waals surface area contributed by atoms with E-state index < -0.39 is 12.2 Å². The second-order valence-corrected chi connectivity index (χ2v) is 10.9. The lowest BCUT2D eigenvalue weighted by Gasteiger charge is -2.32. The third kappa shape index (κ3) is 9.99. The maximum Gasteiger partial charge on any atom is 0.415 e. The van der Waals surface area contributed by atoms with Gasteiger partial charge in [0.25, 0.3) is 0 Å². The molecule has 222 valence electrons. The maximum absolute atomic E-state index is 12.6. The standard InChI is InChI=1S/C32H43N3O6/c1-2-3-4-8-21-33-30(36)24-11-13-25(14-12-24)34-31(37)40-29-19-22-35(23-20-29)32(38)41-28-17-15-27(16-18-28)39-26-9-6-5-7-10-26/h5-7,9-10,15-18,24-25,29H,2-4,8,11-14,19-23H2,1H3,(H,33,36)(H,34,37). The molecule has 1 saturated heterocycles. The topological polar surface area (TPSA) is 106 Å². The van der Waals surface area contributed by atoms with Gasteiger partial charge in [0.05, 0.1) is 0 Å². The fourth-order valence-electron chi connectivity index (χ4n) is 5.28. The van der Waals surface area contributed by atoms with E-state index in [-0.39, 0.29) is 24.0 Å². The molecule has 4 rings (SSSR count). The number of piperidine rings is 1. The number of hydrogen-bond acceptors (Lipinski definition) is 6. The zero-order valence-corrected chi connectivity index (χ0v) is 24.0. The van der Waals surface area contributed by atoms with Crippen molar-refractivity contribution in [3.05, 3.63) is 54.6 Å². The van der Waals surface area contributed by atoms with Crippen molar-refractivity contribution >= 4 is 18.1 Å². The minimum atomic E-state index is -0.425. The van der Waals surface area contributed by atoms with Gasteiger partial charge in [-0.1, -0.05) is 44.4 Å². The lowest BCUT2D eigenvalue weighted by Crippen LogP contribution is -2.45. The summed E-state index contributed by atoms with van der Waals surface area (Å²) in [7, 11) is 0. The SMILES string of the molecule is CCCCCCNC(=O)C1CCC(NC(=O)OC2CCN(C(=O)Oc3ccc(Oc4ccccc4)cc3)CC2)CC1. The fraction of sp³-hybridized carbons (Fsp3) is 0.531. The molecule has 2 fully saturated rings. The summed E-state index contributed by atoms with van der Waals surface area (Å²) >= 11 is 0. The first-order valence-corrected chi connectivity index (χ1v) is 15.0. The second kappa shape index (κ2) is 15.9. The minimum absolute atomic E-state index is 0.0238. The van der Waals surface area contributed by atoms with Gasteiger partial charge in [0.2, 0.25) is 5.91 Å². The predicted molar refractivity (Wildman–Crippen MR) is 156 cm³/mol. The highest BCUT2D eigenvalue weighted by Crippen LogP contribution is 2.26. The van der Waals surface area contributed by atoms with Gasteiger partial charge in [-0.2, -0.15) is 0 Å². The zero-order valence-electron chi connectivity index (χ0n) is 24.0. The van der Waals surface area contributed by atoms with Crippen LogP contribution in [0, 0.1) is 5.92 Å². The van der Waals surface area contributed by atoms with Gasteiger partial charge >= 0.3 is 12.2 Å². The van der Waals surface area contributed by atoms with Crippen molar-refractivity contribution in [2.75, 3.05) is 19.6 Å². The van der Waals surface area contributed by atoms with Gasteiger partial charge in [-0.05, 0) is 68.5 Å². The Morgan fingerprint density at radius 1 is 0.805 bits per heavy atom. The number of carbonyl (C=O) groups excluding carboxylic acids is 3. The molecule has 0 unspecified atom stereocenters. The maximum atomic E-state index is 12.6. The summed E-state index contributed by atoms with van der Waals surface area (Å²) < 4.78 is 16.9. The van der Waals surface area contributed by atoms with Crippen LogP contribution >= 0.6 is 0 Å². The van der Waals surface area contributed by atoms with E-state index >= 15 is 0 Å². The van der Waals surface area contributed by atoms with Gasteiger partial charge in [0.15, 0.2) is 0 Å². The average molecular weight is 566 g/mol. The highest BCUT2D eigenvalue weighted by molar-refractivity contribution is 5.78. The van der Waals surface area contributed by atoms with Crippen molar-refractivity contribution < 1.29 is 28.6 Å². The van der Waals surface area contributed by atoms with Crippen LogP contribution in [-0.4, -0.2) is 54.8 Å².